The summed E-state index contributed by atoms with van der Waals surface area (Å²) in [6.45, 7) is 4.88. The highest BCUT2D eigenvalue weighted by atomic mass is 19.4. The molecule has 30 heavy (non-hydrogen) atoms. The molecule has 0 aliphatic carbocycles. The Morgan fingerprint density at radius 3 is 2.37 bits per heavy atom. The molecule has 2 N–H and O–H groups in total. The fourth-order valence-electron chi connectivity index (χ4n) is 2.49. The van der Waals surface area contributed by atoms with Crippen LogP contribution in [-0.2, 0) is 11.3 Å². The first-order chi connectivity index (χ1) is 14.0. The molecule has 2 aromatic rings. The summed E-state index contributed by atoms with van der Waals surface area (Å²) in [5.41, 5.74) is 1.04. The first-order valence-electron chi connectivity index (χ1n) is 9.16. The third-order valence-corrected chi connectivity index (χ3v) is 3.64. The van der Waals surface area contributed by atoms with Crippen molar-refractivity contribution in [1.29, 1.82) is 0 Å². The van der Waals surface area contributed by atoms with Crippen LogP contribution in [0.2, 0.25) is 0 Å². The standard InChI is InChI=1S/C21H24F3NO5/c1-20(2,3)30-19(27)25-9-10-28-17-8-7-16(12-18(17)29-21(22,23)24)15-6-4-5-14(11-15)13-26/h4-8,11-12,26H,9-10,13H2,1-3H3,(H,25,27). The predicted octanol–water partition coefficient (Wildman–Crippen LogP) is 4.65. The Labute approximate surface area is 172 Å². The van der Waals surface area contributed by atoms with Gasteiger partial charge in [-0.2, -0.15) is 0 Å². The summed E-state index contributed by atoms with van der Waals surface area (Å²) in [7, 11) is 0. The maximum absolute atomic E-state index is 12.8. The van der Waals surface area contributed by atoms with Crippen LogP contribution in [0.1, 0.15) is 26.3 Å². The second-order valence-corrected chi connectivity index (χ2v) is 7.34. The van der Waals surface area contributed by atoms with Crippen molar-refractivity contribution in [3.8, 4) is 22.6 Å². The van der Waals surface area contributed by atoms with Crippen LogP contribution in [0.15, 0.2) is 42.5 Å². The van der Waals surface area contributed by atoms with E-state index in [0.29, 0.717) is 16.7 Å². The van der Waals surface area contributed by atoms with Gasteiger partial charge in [0.1, 0.15) is 12.2 Å². The molecular formula is C21H24F3NO5. The van der Waals surface area contributed by atoms with Crippen molar-refractivity contribution in [2.45, 2.75) is 39.3 Å². The van der Waals surface area contributed by atoms with E-state index in [4.69, 9.17) is 9.47 Å². The van der Waals surface area contributed by atoms with E-state index in [-0.39, 0.29) is 25.5 Å². The minimum atomic E-state index is -4.90. The van der Waals surface area contributed by atoms with Gasteiger partial charge < -0.3 is 24.6 Å². The van der Waals surface area contributed by atoms with E-state index in [1.807, 2.05) is 0 Å². The molecule has 0 saturated carbocycles. The monoisotopic (exact) mass is 427 g/mol. The summed E-state index contributed by atoms with van der Waals surface area (Å²) in [4.78, 5) is 11.6. The van der Waals surface area contributed by atoms with Crippen LogP contribution in [0, 0.1) is 0 Å². The van der Waals surface area contributed by atoms with Crippen molar-refractivity contribution < 1.29 is 37.3 Å². The van der Waals surface area contributed by atoms with Gasteiger partial charge in [0.2, 0.25) is 0 Å². The predicted molar refractivity (Wildman–Crippen MR) is 104 cm³/mol. The molecule has 1 amide bonds. The first-order valence-corrected chi connectivity index (χ1v) is 9.16. The Hall–Kier alpha value is -2.94. The van der Waals surface area contributed by atoms with Gasteiger partial charge in [0.05, 0.1) is 13.2 Å². The molecule has 6 nitrogen and oxygen atoms in total. The maximum Gasteiger partial charge on any atom is 0.573 e. The number of aliphatic hydroxyl groups is 1. The molecule has 0 saturated heterocycles. The van der Waals surface area contributed by atoms with Crippen molar-refractivity contribution in [2.75, 3.05) is 13.2 Å². The lowest BCUT2D eigenvalue weighted by Crippen LogP contribution is -2.34. The lowest BCUT2D eigenvalue weighted by molar-refractivity contribution is -0.275. The molecule has 0 fully saturated rings. The number of alkyl halides is 3. The molecule has 0 atom stereocenters. The van der Waals surface area contributed by atoms with Crippen LogP contribution < -0.4 is 14.8 Å². The van der Waals surface area contributed by atoms with Crippen LogP contribution in [0.25, 0.3) is 11.1 Å². The van der Waals surface area contributed by atoms with Gasteiger partial charge in [-0.05, 0) is 55.7 Å². The minimum Gasteiger partial charge on any atom is -0.488 e. The number of hydrogen-bond donors (Lipinski definition) is 2. The molecular weight excluding hydrogens is 403 g/mol. The van der Waals surface area contributed by atoms with Crippen molar-refractivity contribution in [3.05, 3.63) is 48.0 Å². The Morgan fingerprint density at radius 2 is 1.73 bits per heavy atom. The number of alkyl carbamates (subject to hydrolysis) is 1. The van der Waals surface area contributed by atoms with E-state index in [2.05, 4.69) is 10.1 Å². The number of ether oxygens (including phenoxy) is 3. The number of carbonyl (C=O) groups is 1. The van der Waals surface area contributed by atoms with Gasteiger partial charge in [0.25, 0.3) is 0 Å². The molecule has 2 aromatic carbocycles. The number of aliphatic hydroxyl groups excluding tert-OH is 1. The van der Waals surface area contributed by atoms with E-state index in [9.17, 15) is 23.1 Å². The molecule has 0 aliphatic rings. The summed E-state index contributed by atoms with van der Waals surface area (Å²) < 4.78 is 53.1. The third-order valence-electron chi connectivity index (χ3n) is 3.64. The smallest absolute Gasteiger partial charge is 0.488 e. The van der Waals surface area contributed by atoms with Gasteiger partial charge in [-0.25, -0.2) is 4.79 Å². The SMILES string of the molecule is CC(C)(C)OC(=O)NCCOc1ccc(-c2cccc(CO)c2)cc1OC(F)(F)F. The summed E-state index contributed by atoms with van der Waals surface area (Å²) in [6, 6.07) is 10.9. The molecule has 2 rings (SSSR count). The van der Waals surface area contributed by atoms with E-state index < -0.39 is 23.8 Å². The Kier molecular flexibility index (Phi) is 7.55. The molecule has 0 unspecified atom stereocenters. The number of rotatable bonds is 7. The molecule has 0 bridgehead atoms. The molecule has 0 aliphatic heterocycles. The van der Waals surface area contributed by atoms with Crippen LogP contribution in [0.3, 0.4) is 0 Å². The molecule has 9 heteroatoms. The van der Waals surface area contributed by atoms with Crippen molar-refractivity contribution in [2.24, 2.45) is 0 Å². The largest absolute Gasteiger partial charge is 0.573 e. The number of amides is 1. The van der Waals surface area contributed by atoms with E-state index in [0.717, 1.165) is 0 Å². The second-order valence-electron chi connectivity index (χ2n) is 7.34. The molecule has 0 spiro atoms. The van der Waals surface area contributed by atoms with E-state index in [1.165, 1.54) is 12.1 Å². The van der Waals surface area contributed by atoms with E-state index >= 15 is 0 Å². The molecule has 0 radical (unpaired) electrons. The van der Waals surface area contributed by atoms with Gasteiger partial charge in [-0.1, -0.05) is 24.3 Å². The lowest BCUT2D eigenvalue weighted by atomic mass is 10.0. The van der Waals surface area contributed by atoms with Crippen LogP contribution in [0.5, 0.6) is 11.5 Å². The van der Waals surface area contributed by atoms with Gasteiger partial charge >= 0.3 is 12.5 Å². The summed E-state index contributed by atoms with van der Waals surface area (Å²) in [5, 5.41) is 11.7. The first kappa shape index (κ1) is 23.3. The second kappa shape index (κ2) is 9.71. The molecule has 0 heterocycles. The topological polar surface area (TPSA) is 77.0 Å². The van der Waals surface area contributed by atoms with Gasteiger partial charge in [0.15, 0.2) is 11.5 Å². The third kappa shape index (κ3) is 7.82. The van der Waals surface area contributed by atoms with Gasteiger partial charge in [-0.3, -0.25) is 0 Å². The van der Waals surface area contributed by atoms with Crippen molar-refractivity contribution >= 4 is 6.09 Å². The summed E-state index contributed by atoms with van der Waals surface area (Å²) in [6.07, 6.45) is -5.56. The highest BCUT2D eigenvalue weighted by Gasteiger charge is 2.32. The summed E-state index contributed by atoms with van der Waals surface area (Å²) in [5.74, 6) is -0.632. The quantitative estimate of drug-likeness (QED) is 0.629. The Bertz CT molecular complexity index is 862. The molecule has 164 valence electrons. The zero-order valence-electron chi connectivity index (χ0n) is 16.9. The van der Waals surface area contributed by atoms with Crippen molar-refractivity contribution in [3.63, 3.8) is 0 Å². The minimum absolute atomic E-state index is 0.0284. The normalized spacial score (nSPS) is 11.7. The lowest BCUT2D eigenvalue weighted by Gasteiger charge is -2.20. The highest BCUT2D eigenvalue weighted by Crippen LogP contribution is 2.36. The number of hydrogen-bond acceptors (Lipinski definition) is 5. The zero-order valence-corrected chi connectivity index (χ0v) is 16.9. The molecule has 0 aromatic heterocycles. The number of benzene rings is 2. The van der Waals surface area contributed by atoms with Crippen LogP contribution >= 0.6 is 0 Å². The Morgan fingerprint density at radius 1 is 1.03 bits per heavy atom. The van der Waals surface area contributed by atoms with Gasteiger partial charge in [-0.15, -0.1) is 13.2 Å². The number of halogens is 3. The Balaban J connectivity index is 2.11. The van der Waals surface area contributed by atoms with Crippen LogP contribution in [0.4, 0.5) is 18.0 Å². The number of nitrogens with one attached hydrogen (secondary N) is 1. The average molecular weight is 427 g/mol. The fraction of sp³-hybridized carbons (Fsp3) is 0.381. The average Bonchev–Trinajstić information content (AvgIpc) is 2.63. The fourth-order valence-corrected chi connectivity index (χ4v) is 2.49. The zero-order chi connectivity index (χ0) is 22.4. The number of carbonyl (C=O) groups excluding carboxylic acids is 1. The van der Waals surface area contributed by atoms with Crippen molar-refractivity contribution in [1.82, 2.24) is 5.32 Å². The van der Waals surface area contributed by atoms with E-state index in [1.54, 1.807) is 51.1 Å². The maximum atomic E-state index is 12.8. The highest BCUT2D eigenvalue weighted by molar-refractivity contribution is 5.68. The van der Waals surface area contributed by atoms with Crippen LogP contribution in [-0.4, -0.2) is 36.3 Å². The van der Waals surface area contributed by atoms with Gasteiger partial charge in [0, 0.05) is 0 Å². The summed E-state index contributed by atoms with van der Waals surface area (Å²) >= 11 is 0.